The molecular weight excluding hydrogens is 336 g/mol. The molecule has 0 aliphatic heterocycles. The van der Waals surface area contributed by atoms with Gasteiger partial charge in [0, 0.05) is 11.7 Å². The average Bonchev–Trinajstić information content (AvgIpc) is 3.11. The van der Waals surface area contributed by atoms with Gasteiger partial charge in [0.25, 0.3) is 0 Å². The van der Waals surface area contributed by atoms with Crippen LogP contribution >= 0.6 is 0 Å². The number of nitrogen functional groups attached to an aromatic ring is 1. The van der Waals surface area contributed by atoms with Gasteiger partial charge in [-0.2, -0.15) is 0 Å². The number of fused-ring (bicyclic) bond motifs is 1. The Hall–Kier alpha value is -3.35. The molecule has 0 aliphatic rings. The number of carbonyl (C=O) groups is 1. The molecular formula is C19H20N2O5. The lowest BCUT2D eigenvalue weighted by Gasteiger charge is -2.16. The number of benzene rings is 2. The van der Waals surface area contributed by atoms with Crippen molar-refractivity contribution in [1.82, 2.24) is 4.98 Å². The van der Waals surface area contributed by atoms with E-state index in [2.05, 4.69) is 4.98 Å². The van der Waals surface area contributed by atoms with E-state index in [-0.39, 0.29) is 22.8 Å². The van der Waals surface area contributed by atoms with Gasteiger partial charge in [0.1, 0.15) is 5.75 Å². The molecule has 3 rings (SSSR count). The summed E-state index contributed by atoms with van der Waals surface area (Å²) in [4.78, 5) is 16.3. The Kier molecular flexibility index (Phi) is 4.62. The highest BCUT2D eigenvalue weighted by Gasteiger charge is 2.25. The number of H-pyrrole nitrogens is 1. The van der Waals surface area contributed by atoms with Gasteiger partial charge < -0.3 is 29.7 Å². The number of ketones is 1. The zero-order valence-electron chi connectivity index (χ0n) is 15.0. The summed E-state index contributed by atoms with van der Waals surface area (Å²) >= 11 is 0. The van der Waals surface area contributed by atoms with Crippen LogP contribution in [-0.2, 0) is 0 Å². The highest BCUT2D eigenvalue weighted by molar-refractivity contribution is 6.20. The van der Waals surface area contributed by atoms with Gasteiger partial charge in [-0.05, 0) is 18.2 Å². The van der Waals surface area contributed by atoms with E-state index in [0.717, 1.165) is 5.52 Å². The standard InChI is InChI=1S/C19H20N2O5/c1-23-13-7-5-6-12-15(13)11(9-21-12)17(22)10-8-14(24-2)18(25-3)19(26-4)16(10)20/h5-9,21H,20H2,1-4H3. The zero-order valence-corrected chi connectivity index (χ0v) is 15.0. The Morgan fingerprint density at radius 1 is 0.923 bits per heavy atom. The van der Waals surface area contributed by atoms with E-state index in [4.69, 9.17) is 24.7 Å². The summed E-state index contributed by atoms with van der Waals surface area (Å²) in [5.41, 5.74) is 7.86. The van der Waals surface area contributed by atoms with Gasteiger partial charge in [-0.15, -0.1) is 0 Å². The summed E-state index contributed by atoms with van der Waals surface area (Å²) in [5.74, 6) is 1.26. The normalized spacial score (nSPS) is 10.6. The van der Waals surface area contributed by atoms with Crippen LogP contribution in [0.4, 0.5) is 5.69 Å². The first-order valence-corrected chi connectivity index (χ1v) is 7.84. The van der Waals surface area contributed by atoms with Crippen LogP contribution in [0.15, 0.2) is 30.5 Å². The minimum Gasteiger partial charge on any atom is -0.496 e. The second kappa shape index (κ2) is 6.87. The van der Waals surface area contributed by atoms with Gasteiger partial charge in [-0.1, -0.05) is 6.07 Å². The number of anilines is 1. The fraction of sp³-hybridized carbons (Fsp3) is 0.211. The molecule has 3 N–H and O–H groups in total. The maximum Gasteiger partial charge on any atom is 0.205 e. The molecule has 0 unspecified atom stereocenters. The second-order valence-electron chi connectivity index (χ2n) is 5.52. The van der Waals surface area contributed by atoms with Crippen LogP contribution < -0.4 is 24.7 Å². The summed E-state index contributed by atoms with van der Waals surface area (Å²) in [7, 11) is 5.97. The molecule has 0 spiro atoms. The van der Waals surface area contributed by atoms with Crippen molar-refractivity contribution in [3.8, 4) is 23.0 Å². The second-order valence-corrected chi connectivity index (χ2v) is 5.52. The predicted octanol–water partition coefficient (Wildman–Crippen LogP) is 3.02. The molecule has 7 nitrogen and oxygen atoms in total. The number of hydrogen-bond acceptors (Lipinski definition) is 6. The average molecular weight is 356 g/mol. The summed E-state index contributed by atoms with van der Waals surface area (Å²) in [6, 6.07) is 7.06. The minimum atomic E-state index is -0.280. The minimum absolute atomic E-state index is 0.180. The number of nitrogens with one attached hydrogen (secondary N) is 1. The number of nitrogens with two attached hydrogens (primary N) is 1. The van der Waals surface area contributed by atoms with E-state index >= 15 is 0 Å². The van der Waals surface area contributed by atoms with Crippen molar-refractivity contribution < 1.29 is 23.7 Å². The highest BCUT2D eigenvalue weighted by atomic mass is 16.5. The fourth-order valence-electron chi connectivity index (χ4n) is 3.01. The smallest absolute Gasteiger partial charge is 0.205 e. The van der Waals surface area contributed by atoms with Gasteiger partial charge in [0.2, 0.25) is 5.75 Å². The predicted molar refractivity (Wildman–Crippen MR) is 98.8 cm³/mol. The van der Waals surface area contributed by atoms with Crippen molar-refractivity contribution in [2.24, 2.45) is 0 Å². The molecule has 0 bridgehead atoms. The maximum atomic E-state index is 13.2. The van der Waals surface area contributed by atoms with Crippen LogP contribution in [0.1, 0.15) is 15.9 Å². The Morgan fingerprint density at radius 3 is 2.23 bits per heavy atom. The quantitative estimate of drug-likeness (QED) is 0.521. The third kappa shape index (κ3) is 2.57. The molecule has 136 valence electrons. The van der Waals surface area contributed by atoms with Gasteiger partial charge in [-0.3, -0.25) is 4.79 Å². The lowest BCUT2D eigenvalue weighted by Crippen LogP contribution is -2.09. The number of methoxy groups -OCH3 is 4. The number of carbonyl (C=O) groups excluding carboxylic acids is 1. The molecule has 26 heavy (non-hydrogen) atoms. The van der Waals surface area contributed by atoms with E-state index in [1.54, 1.807) is 25.4 Å². The van der Waals surface area contributed by atoms with Crippen LogP contribution in [0.2, 0.25) is 0 Å². The maximum absolute atomic E-state index is 13.2. The number of aromatic amines is 1. The first-order chi connectivity index (χ1) is 12.6. The van der Waals surface area contributed by atoms with Gasteiger partial charge >= 0.3 is 0 Å². The SMILES string of the molecule is COc1cc(C(=O)c2c[nH]c3cccc(OC)c23)c(N)c(OC)c1OC. The molecule has 1 aromatic heterocycles. The summed E-state index contributed by atoms with van der Waals surface area (Å²) < 4.78 is 21.4. The van der Waals surface area contributed by atoms with Crippen LogP contribution in [0.5, 0.6) is 23.0 Å². The van der Waals surface area contributed by atoms with E-state index in [0.29, 0.717) is 28.2 Å². The Bertz CT molecular complexity index is 978. The van der Waals surface area contributed by atoms with Crippen LogP contribution in [0.3, 0.4) is 0 Å². The van der Waals surface area contributed by atoms with Crippen molar-refractivity contribution in [2.45, 2.75) is 0 Å². The Balaban J connectivity index is 2.23. The molecule has 0 atom stereocenters. The largest absolute Gasteiger partial charge is 0.496 e. The topological polar surface area (TPSA) is 95.8 Å². The molecule has 1 heterocycles. The molecule has 0 saturated carbocycles. The third-order valence-electron chi connectivity index (χ3n) is 4.25. The number of aromatic nitrogens is 1. The van der Waals surface area contributed by atoms with Crippen LogP contribution in [0.25, 0.3) is 10.9 Å². The van der Waals surface area contributed by atoms with Crippen molar-refractivity contribution in [3.05, 3.63) is 41.6 Å². The Morgan fingerprint density at radius 2 is 1.62 bits per heavy atom. The van der Waals surface area contributed by atoms with Crippen LogP contribution in [0, 0.1) is 0 Å². The molecule has 0 aliphatic carbocycles. The zero-order chi connectivity index (χ0) is 18.8. The van der Waals surface area contributed by atoms with E-state index in [9.17, 15) is 4.79 Å². The number of rotatable bonds is 6. The molecule has 7 heteroatoms. The van der Waals surface area contributed by atoms with Crippen LogP contribution in [-0.4, -0.2) is 39.2 Å². The molecule has 3 aromatic rings. The summed E-state index contributed by atoms with van der Waals surface area (Å²) in [6.45, 7) is 0. The number of hydrogen-bond donors (Lipinski definition) is 2. The summed E-state index contributed by atoms with van der Waals surface area (Å²) in [6.07, 6.45) is 1.64. The van der Waals surface area contributed by atoms with Gasteiger partial charge in [0.15, 0.2) is 17.3 Å². The monoisotopic (exact) mass is 356 g/mol. The summed E-state index contributed by atoms with van der Waals surface area (Å²) in [5, 5.41) is 0.688. The first kappa shape index (κ1) is 17.5. The molecule has 0 fully saturated rings. The van der Waals surface area contributed by atoms with Gasteiger partial charge in [-0.25, -0.2) is 0 Å². The van der Waals surface area contributed by atoms with Crippen molar-refractivity contribution in [2.75, 3.05) is 34.2 Å². The van der Waals surface area contributed by atoms with Crippen molar-refractivity contribution >= 4 is 22.4 Å². The molecule has 0 amide bonds. The van der Waals surface area contributed by atoms with E-state index in [1.165, 1.54) is 21.3 Å². The first-order valence-electron chi connectivity index (χ1n) is 7.84. The van der Waals surface area contributed by atoms with E-state index < -0.39 is 0 Å². The lowest BCUT2D eigenvalue weighted by molar-refractivity contribution is 0.104. The number of ether oxygens (including phenoxy) is 4. The molecule has 0 radical (unpaired) electrons. The lowest BCUT2D eigenvalue weighted by atomic mass is 9.99. The third-order valence-corrected chi connectivity index (χ3v) is 4.25. The molecule has 0 saturated heterocycles. The highest BCUT2D eigenvalue weighted by Crippen LogP contribution is 2.44. The Labute approximate surface area is 150 Å². The van der Waals surface area contributed by atoms with Gasteiger partial charge in [0.05, 0.1) is 50.6 Å². The van der Waals surface area contributed by atoms with E-state index in [1.807, 2.05) is 12.1 Å². The van der Waals surface area contributed by atoms with Crippen molar-refractivity contribution in [1.29, 1.82) is 0 Å². The van der Waals surface area contributed by atoms with Crippen molar-refractivity contribution in [3.63, 3.8) is 0 Å². The fourth-order valence-corrected chi connectivity index (χ4v) is 3.01. The molecule has 2 aromatic carbocycles.